The third kappa shape index (κ3) is 3.91. The number of sulfone groups is 1. The second-order valence-electron chi connectivity index (χ2n) is 6.45. The van der Waals surface area contributed by atoms with E-state index < -0.39 is 15.8 Å². The van der Waals surface area contributed by atoms with Crippen molar-refractivity contribution in [2.45, 2.75) is 25.0 Å². The molecule has 3 rings (SSSR count). The number of piperazine rings is 1. The Morgan fingerprint density at radius 2 is 1.79 bits per heavy atom. The molecule has 0 spiro atoms. The van der Waals surface area contributed by atoms with Gasteiger partial charge in [-0.15, -0.1) is 0 Å². The quantitative estimate of drug-likeness (QED) is 0.833. The zero-order chi connectivity index (χ0) is 17.3. The van der Waals surface area contributed by atoms with Gasteiger partial charge in [0.15, 0.2) is 9.84 Å². The molecular formula is C16H21ClN2O4S. The number of halogens is 1. The first-order chi connectivity index (χ1) is 11.4. The van der Waals surface area contributed by atoms with E-state index in [9.17, 15) is 13.2 Å². The van der Waals surface area contributed by atoms with Gasteiger partial charge in [-0.3, -0.25) is 14.6 Å². The Balaban J connectivity index is 1.77. The van der Waals surface area contributed by atoms with Crippen LogP contribution in [0.25, 0.3) is 0 Å². The first-order valence-corrected chi connectivity index (χ1v) is 10.2. The van der Waals surface area contributed by atoms with Crippen molar-refractivity contribution in [3.05, 3.63) is 34.9 Å². The Kier molecular flexibility index (Phi) is 5.15. The third-order valence-corrected chi connectivity index (χ3v) is 6.92. The minimum absolute atomic E-state index is 0.0355. The normalized spacial score (nSPS) is 27.0. The fraction of sp³-hybridized carbons (Fsp3) is 0.562. The maximum Gasteiger partial charge on any atom is 0.304 e. The van der Waals surface area contributed by atoms with Crippen molar-refractivity contribution < 1.29 is 18.3 Å². The molecule has 2 aliphatic rings. The van der Waals surface area contributed by atoms with Gasteiger partial charge in [0.25, 0.3) is 0 Å². The van der Waals surface area contributed by atoms with Crippen molar-refractivity contribution in [1.29, 1.82) is 0 Å². The predicted molar refractivity (Wildman–Crippen MR) is 91.9 cm³/mol. The second kappa shape index (κ2) is 7.00. The molecule has 0 unspecified atom stereocenters. The topological polar surface area (TPSA) is 77.9 Å². The van der Waals surface area contributed by atoms with E-state index in [2.05, 4.69) is 4.90 Å². The summed E-state index contributed by atoms with van der Waals surface area (Å²) in [4.78, 5) is 15.0. The van der Waals surface area contributed by atoms with Gasteiger partial charge in [-0.25, -0.2) is 8.42 Å². The van der Waals surface area contributed by atoms with E-state index in [0.29, 0.717) is 31.2 Å². The molecule has 2 heterocycles. The largest absolute Gasteiger partial charge is 0.481 e. The maximum atomic E-state index is 12.1. The van der Waals surface area contributed by atoms with Gasteiger partial charge >= 0.3 is 5.97 Å². The van der Waals surface area contributed by atoms with Gasteiger partial charge < -0.3 is 5.11 Å². The lowest BCUT2D eigenvalue weighted by Gasteiger charge is -2.44. The Labute approximate surface area is 146 Å². The molecule has 1 N–H and O–H groups in total. The van der Waals surface area contributed by atoms with E-state index >= 15 is 0 Å². The predicted octanol–water partition coefficient (Wildman–Crippen LogP) is 1.10. The lowest BCUT2D eigenvalue weighted by Crippen LogP contribution is -2.58. The van der Waals surface area contributed by atoms with Crippen molar-refractivity contribution in [1.82, 2.24) is 9.80 Å². The summed E-state index contributed by atoms with van der Waals surface area (Å²) < 4.78 is 24.3. The number of rotatable bonds is 5. The van der Waals surface area contributed by atoms with E-state index in [-0.39, 0.29) is 30.0 Å². The summed E-state index contributed by atoms with van der Waals surface area (Å²) in [6.45, 7) is 2.39. The number of hydrogen-bond acceptors (Lipinski definition) is 5. The molecule has 2 aliphatic heterocycles. The van der Waals surface area contributed by atoms with Crippen LogP contribution in [-0.2, 0) is 21.2 Å². The van der Waals surface area contributed by atoms with Gasteiger partial charge in [-0.2, -0.15) is 0 Å². The molecular weight excluding hydrogens is 352 g/mol. The van der Waals surface area contributed by atoms with Crippen molar-refractivity contribution >= 4 is 27.4 Å². The zero-order valence-electron chi connectivity index (χ0n) is 13.3. The molecule has 132 valence electrons. The van der Waals surface area contributed by atoms with Crippen LogP contribution in [0.4, 0.5) is 0 Å². The summed E-state index contributed by atoms with van der Waals surface area (Å²) in [6, 6.07) is 7.35. The van der Waals surface area contributed by atoms with Crippen LogP contribution < -0.4 is 0 Å². The highest BCUT2D eigenvalue weighted by Crippen LogP contribution is 2.29. The minimum atomic E-state index is -3.10. The molecule has 1 aromatic rings. The SMILES string of the molecule is O=C(O)CCN1CCN(Cc2ccccc2Cl)[C@@H]2CS(=O)(=O)C[C@@H]21. The molecule has 0 saturated carbocycles. The Morgan fingerprint density at radius 3 is 2.46 bits per heavy atom. The standard InChI is InChI=1S/C16H21ClN2O4S/c17-13-4-2-1-3-12(13)9-19-8-7-18(6-5-16(20)21)14-10-24(22,23)11-15(14)19/h1-4,14-15H,5-11H2,(H,20,21)/t14-,15+/m0/s1. The number of hydrogen-bond donors (Lipinski definition) is 1. The summed E-state index contributed by atoms with van der Waals surface area (Å²) in [7, 11) is -3.10. The molecule has 8 heteroatoms. The summed E-state index contributed by atoms with van der Waals surface area (Å²) >= 11 is 6.24. The third-order valence-electron chi connectivity index (χ3n) is 4.85. The molecule has 2 saturated heterocycles. The number of benzene rings is 1. The van der Waals surface area contributed by atoms with Crippen LogP contribution in [0.3, 0.4) is 0 Å². The molecule has 2 fully saturated rings. The Morgan fingerprint density at radius 1 is 1.17 bits per heavy atom. The van der Waals surface area contributed by atoms with Gasteiger partial charge in [-0.05, 0) is 11.6 Å². The van der Waals surface area contributed by atoms with E-state index in [1.807, 2.05) is 29.2 Å². The van der Waals surface area contributed by atoms with Crippen LogP contribution in [0.1, 0.15) is 12.0 Å². The first kappa shape index (κ1) is 17.7. The first-order valence-electron chi connectivity index (χ1n) is 7.99. The number of carboxylic acids is 1. The molecule has 0 aliphatic carbocycles. The van der Waals surface area contributed by atoms with E-state index in [0.717, 1.165) is 5.56 Å². The fourth-order valence-electron chi connectivity index (χ4n) is 3.66. The second-order valence-corrected chi connectivity index (χ2v) is 9.01. The Bertz CT molecular complexity index is 725. The molecule has 2 atom stereocenters. The number of fused-ring (bicyclic) bond motifs is 1. The van der Waals surface area contributed by atoms with Crippen LogP contribution in [0.5, 0.6) is 0 Å². The minimum Gasteiger partial charge on any atom is -0.481 e. The van der Waals surface area contributed by atoms with E-state index in [4.69, 9.17) is 16.7 Å². The monoisotopic (exact) mass is 372 g/mol. The van der Waals surface area contributed by atoms with Gasteiger partial charge in [0.2, 0.25) is 0 Å². The number of aliphatic carboxylic acids is 1. The summed E-state index contributed by atoms with van der Waals surface area (Å²) in [6.07, 6.45) is 0.0355. The highest BCUT2D eigenvalue weighted by molar-refractivity contribution is 7.91. The van der Waals surface area contributed by atoms with Crippen molar-refractivity contribution in [3.63, 3.8) is 0 Å². The summed E-state index contributed by atoms with van der Waals surface area (Å²) in [5.74, 6) is -0.618. The molecule has 0 bridgehead atoms. The van der Waals surface area contributed by atoms with Gasteiger partial charge in [0.05, 0.1) is 17.9 Å². The molecule has 1 aromatic carbocycles. The van der Waals surface area contributed by atoms with Crippen molar-refractivity contribution in [2.75, 3.05) is 31.1 Å². The molecule has 6 nitrogen and oxygen atoms in total. The molecule has 0 radical (unpaired) electrons. The van der Waals surface area contributed by atoms with E-state index in [1.54, 1.807) is 0 Å². The number of nitrogens with zero attached hydrogens (tertiary/aromatic N) is 2. The van der Waals surface area contributed by atoms with Crippen LogP contribution in [0, 0.1) is 0 Å². The lowest BCUT2D eigenvalue weighted by molar-refractivity contribution is -0.137. The molecule has 24 heavy (non-hydrogen) atoms. The fourth-order valence-corrected chi connectivity index (χ4v) is 5.89. The van der Waals surface area contributed by atoms with Crippen LogP contribution >= 0.6 is 11.6 Å². The lowest BCUT2D eigenvalue weighted by atomic mass is 10.0. The molecule has 0 aromatic heterocycles. The van der Waals surface area contributed by atoms with Crippen LogP contribution in [-0.4, -0.2) is 72.5 Å². The van der Waals surface area contributed by atoms with Crippen LogP contribution in [0.2, 0.25) is 5.02 Å². The highest BCUT2D eigenvalue weighted by atomic mass is 35.5. The zero-order valence-corrected chi connectivity index (χ0v) is 14.8. The van der Waals surface area contributed by atoms with Crippen molar-refractivity contribution in [2.24, 2.45) is 0 Å². The molecule has 0 amide bonds. The van der Waals surface area contributed by atoms with Gasteiger partial charge in [0, 0.05) is 43.3 Å². The average molecular weight is 373 g/mol. The number of carbonyl (C=O) groups is 1. The van der Waals surface area contributed by atoms with Crippen molar-refractivity contribution in [3.8, 4) is 0 Å². The smallest absolute Gasteiger partial charge is 0.304 e. The average Bonchev–Trinajstić information content (AvgIpc) is 2.84. The van der Waals surface area contributed by atoms with Crippen LogP contribution in [0.15, 0.2) is 24.3 Å². The number of carboxylic acid groups (broad SMARTS) is 1. The van der Waals surface area contributed by atoms with E-state index in [1.165, 1.54) is 0 Å². The highest BCUT2D eigenvalue weighted by Gasteiger charge is 2.46. The summed E-state index contributed by atoms with van der Waals surface area (Å²) in [5.41, 5.74) is 0.987. The summed E-state index contributed by atoms with van der Waals surface area (Å²) in [5, 5.41) is 9.58. The van der Waals surface area contributed by atoms with Gasteiger partial charge in [-0.1, -0.05) is 29.8 Å². The Hall–Kier alpha value is -1.15. The van der Waals surface area contributed by atoms with Gasteiger partial charge in [0.1, 0.15) is 0 Å². The maximum absolute atomic E-state index is 12.1.